The highest BCUT2D eigenvalue weighted by Crippen LogP contribution is 2.18. The molecule has 0 aliphatic carbocycles. The van der Waals surface area contributed by atoms with E-state index >= 15 is 0 Å². The van der Waals surface area contributed by atoms with Gasteiger partial charge in [-0.05, 0) is 42.4 Å². The van der Waals surface area contributed by atoms with Gasteiger partial charge in [0.1, 0.15) is 18.5 Å². The Morgan fingerprint density at radius 2 is 1.88 bits per heavy atom. The van der Waals surface area contributed by atoms with Crippen molar-refractivity contribution in [3.05, 3.63) is 59.4 Å². The van der Waals surface area contributed by atoms with Crippen LogP contribution in [0.25, 0.3) is 0 Å². The molecule has 5 nitrogen and oxygen atoms in total. The SMILES string of the molecule is COc1ccc(CN(C)CC(O)COc2ccc(CC#N)cc2)cc1F. The number of hydrogen-bond donors (Lipinski definition) is 1. The molecule has 1 N–H and O–H groups in total. The van der Waals surface area contributed by atoms with E-state index in [2.05, 4.69) is 6.07 Å². The summed E-state index contributed by atoms with van der Waals surface area (Å²) >= 11 is 0. The van der Waals surface area contributed by atoms with E-state index in [0.717, 1.165) is 11.1 Å². The lowest BCUT2D eigenvalue weighted by molar-refractivity contribution is 0.0743. The van der Waals surface area contributed by atoms with E-state index in [1.165, 1.54) is 13.2 Å². The molecule has 2 rings (SSSR count). The molecule has 0 fully saturated rings. The number of ether oxygens (including phenoxy) is 2. The number of nitrogens with zero attached hydrogens (tertiary/aromatic N) is 2. The summed E-state index contributed by atoms with van der Waals surface area (Å²) in [4.78, 5) is 1.89. The monoisotopic (exact) mass is 358 g/mol. The van der Waals surface area contributed by atoms with E-state index in [9.17, 15) is 9.50 Å². The predicted molar refractivity (Wildman–Crippen MR) is 96.5 cm³/mol. The molecule has 0 saturated carbocycles. The maximum absolute atomic E-state index is 13.7. The van der Waals surface area contributed by atoms with Crippen LogP contribution in [0, 0.1) is 17.1 Å². The van der Waals surface area contributed by atoms with Crippen molar-refractivity contribution in [1.82, 2.24) is 4.90 Å². The van der Waals surface area contributed by atoms with Crippen LogP contribution in [-0.4, -0.2) is 43.4 Å². The molecular weight excluding hydrogens is 335 g/mol. The first-order valence-electron chi connectivity index (χ1n) is 8.29. The minimum Gasteiger partial charge on any atom is -0.494 e. The largest absolute Gasteiger partial charge is 0.494 e. The summed E-state index contributed by atoms with van der Waals surface area (Å²) in [6.45, 7) is 1.04. The van der Waals surface area contributed by atoms with E-state index in [-0.39, 0.29) is 12.4 Å². The van der Waals surface area contributed by atoms with Crippen molar-refractivity contribution in [3.63, 3.8) is 0 Å². The number of rotatable bonds is 9. The number of hydrogen-bond acceptors (Lipinski definition) is 5. The van der Waals surface area contributed by atoms with Gasteiger partial charge in [-0.2, -0.15) is 5.26 Å². The van der Waals surface area contributed by atoms with Crippen molar-refractivity contribution >= 4 is 0 Å². The summed E-state index contributed by atoms with van der Waals surface area (Å²) in [5, 5.41) is 18.8. The third-order valence-electron chi connectivity index (χ3n) is 3.84. The Labute approximate surface area is 153 Å². The molecule has 0 radical (unpaired) electrons. The molecule has 2 aromatic carbocycles. The lowest BCUT2D eigenvalue weighted by atomic mass is 10.2. The molecule has 1 unspecified atom stereocenters. The van der Waals surface area contributed by atoms with E-state index in [4.69, 9.17) is 14.7 Å². The van der Waals surface area contributed by atoms with Crippen LogP contribution in [0.3, 0.4) is 0 Å². The summed E-state index contributed by atoms with van der Waals surface area (Å²) in [6.07, 6.45) is -0.318. The van der Waals surface area contributed by atoms with E-state index in [1.54, 1.807) is 24.3 Å². The molecule has 26 heavy (non-hydrogen) atoms. The fraction of sp³-hybridized carbons (Fsp3) is 0.350. The van der Waals surface area contributed by atoms with Gasteiger partial charge >= 0.3 is 0 Å². The second-order valence-electron chi connectivity index (χ2n) is 6.11. The van der Waals surface area contributed by atoms with Crippen LogP contribution in [0.1, 0.15) is 11.1 Å². The van der Waals surface area contributed by atoms with Gasteiger partial charge in [-0.25, -0.2) is 4.39 Å². The quantitative estimate of drug-likeness (QED) is 0.747. The third-order valence-corrected chi connectivity index (χ3v) is 3.84. The Balaban J connectivity index is 1.78. The van der Waals surface area contributed by atoms with Crippen LogP contribution < -0.4 is 9.47 Å². The summed E-state index contributed by atoms with van der Waals surface area (Å²) in [5.74, 6) is 0.457. The number of methoxy groups -OCH3 is 1. The number of likely N-dealkylation sites (N-methyl/N-ethyl adjacent to an activating group) is 1. The summed E-state index contributed by atoms with van der Waals surface area (Å²) in [6, 6.07) is 14.1. The van der Waals surface area contributed by atoms with Gasteiger partial charge in [-0.15, -0.1) is 0 Å². The zero-order valence-electron chi connectivity index (χ0n) is 15.0. The van der Waals surface area contributed by atoms with E-state index < -0.39 is 11.9 Å². The van der Waals surface area contributed by atoms with Gasteiger partial charge in [-0.3, -0.25) is 4.90 Å². The van der Waals surface area contributed by atoms with Gasteiger partial charge in [0, 0.05) is 13.1 Å². The Morgan fingerprint density at radius 3 is 2.50 bits per heavy atom. The van der Waals surface area contributed by atoms with Crippen LogP contribution in [-0.2, 0) is 13.0 Å². The normalized spacial score (nSPS) is 11.8. The average molecular weight is 358 g/mol. The Bertz CT molecular complexity index is 744. The van der Waals surface area contributed by atoms with E-state index in [0.29, 0.717) is 25.3 Å². The molecule has 0 saturated heterocycles. The molecule has 6 heteroatoms. The smallest absolute Gasteiger partial charge is 0.165 e. The Morgan fingerprint density at radius 1 is 1.19 bits per heavy atom. The molecule has 0 aromatic heterocycles. The number of nitriles is 1. The summed E-state index contributed by atoms with van der Waals surface area (Å²) in [5.41, 5.74) is 1.72. The van der Waals surface area contributed by atoms with Gasteiger partial charge < -0.3 is 14.6 Å². The van der Waals surface area contributed by atoms with Crippen LogP contribution in [0.2, 0.25) is 0 Å². The molecule has 0 aliphatic rings. The molecular formula is C20H23FN2O3. The topological polar surface area (TPSA) is 65.7 Å². The van der Waals surface area contributed by atoms with Crippen LogP contribution >= 0.6 is 0 Å². The number of aliphatic hydroxyl groups excluding tert-OH is 1. The predicted octanol–water partition coefficient (Wildman–Crippen LogP) is 2.77. The molecule has 0 aliphatic heterocycles. The highest BCUT2D eigenvalue weighted by atomic mass is 19.1. The fourth-order valence-corrected chi connectivity index (χ4v) is 2.58. The van der Waals surface area contributed by atoms with Crippen molar-refractivity contribution in [1.29, 1.82) is 5.26 Å². The first kappa shape index (κ1) is 19.7. The van der Waals surface area contributed by atoms with Crippen molar-refractivity contribution in [3.8, 4) is 17.6 Å². The molecule has 1 atom stereocenters. The summed E-state index contributed by atoms with van der Waals surface area (Å²) < 4.78 is 24.2. The second kappa shape index (κ2) is 9.76. The number of benzene rings is 2. The van der Waals surface area contributed by atoms with E-state index in [1.807, 2.05) is 24.1 Å². The van der Waals surface area contributed by atoms with Gasteiger partial charge in [0.15, 0.2) is 11.6 Å². The minimum atomic E-state index is -0.679. The highest BCUT2D eigenvalue weighted by molar-refractivity contribution is 5.29. The maximum Gasteiger partial charge on any atom is 0.165 e. The van der Waals surface area contributed by atoms with Gasteiger partial charge in [0.05, 0.1) is 19.6 Å². The minimum absolute atomic E-state index is 0.152. The third kappa shape index (κ3) is 6.03. The van der Waals surface area contributed by atoms with Crippen molar-refractivity contribution in [2.75, 3.05) is 27.3 Å². The fourth-order valence-electron chi connectivity index (χ4n) is 2.58. The van der Waals surface area contributed by atoms with Crippen LogP contribution in [0.15, 0.2) is 42.5 Å². The number of halogens is 1. The van der Waals surface area contributed by atoms with Crippen molar-refractivity contribution in [2.45, 2.75) is 19.1 Å². The van der Waals surface area contributed by atoms with Crippen molar-refractivity contribution in [2.24, 2.45) is 0 Å². The molecule has 0 spiro atoms. The lowest BCUT2D eigenvalue weighted by Gasteiger charge is -2.21. The average Bonchev–Trinajstić information content (AvgIpc) is 2.61. The zero-order valence-corrected chi connectivity index (χ0v) is 15.0. The van der Waals surface area contributed by atoms with Gasteiger partial charge in [-0.1, -0.05) is 18.2 Å². The highest BCUT2D eigenvalue weighted by Gasteiger charge is 2.11. The molecule has 0 amide bonds. The lowest BCUT2D eigenvalue weighted by Crippen LogP contribution is -2.32. The van der Waals surface area contributed by atoms with Crippen molar-refractivity contribution < 1.29 is 19.0 Å². The Kier molecular flexibility index (Phi) is 7.39. The zero-order chi connectivity index (χ0) is 18.9. The maximum atomic E-state index is 13.7. The molecule has 0 heterocycles. The van der Waals surface area contributed by atoms with Gasteiger partial charge in [0.2, 0.25) is 0 Å². The summed E-state index contributed by atoms with van der Waals surface area (Å²) in [7, 11) is 3.28. The first-order chi connectivity index (χ1) is 12.5. The Hall–Kier alpha value is -2.62. The molecule has 138 valence electrons. The first-order valence-corrected chi connectivity index (χ1v) is 8.29. The van der Waals surface area contributed by atoms with Crippen LogP contribution in [0.5, 0.6) is 11.5 Å². The molecule has 2 aromatic rings. The molecule has 0 bridgehead atoms. The number of aliphatic hydroxyl groups is 1. The van der Waals surface area contributed by atoms with Crippen LogP contribution in [0.4, 0.5) is 4.39 Å². The second-order valence-corrected chi connectivity index (χ2v) is 6.11. The van der Waals surface area contributed by atoms with Gasteiger partial charge in [0.25, 0.3) is 0 Å². The standard InChI is InChI=1S/C20H23FN2O3/c1-23(12-16-5-8-20(25-2)19(21)11-16)13-17(24)14-26-18-6-3-15(4-7-18)9-10-22/h3-8,11,17,24H,9,12-14H2,1-2H3.